The minimum Gasteiger partial charge on any atom is -0.468 e. The molecule has 0 aliphatic heterocycles. The first-order valence-corrected chi connectivity index (χ1v) is 8.12. The zero-order chi connectivity index (χ0) is 15.5. The van der Waals surface area contributed by atoms with Gasteiger partial charge >= 0.3 is 5.97 Å². The van der Waals surface area contributed by atoms with Crippen LogP contribution in [0, 0.1) is 0 Å². The molecule has 0 bridgehead atoms. The summed E-state index contributed by atoms with van der Waals surface area (Å²) in [5.74, 6) is 0.490. The van der Waals surface area contributed by atoms with Crippen molar-refractivity contribution in [1.29, 1.82) is 0 Å². The van der Waals surface area contributed by atoms with E-state index >= 15 is 0 Å². The van der Waals surface area contributed by atoms with Gasteiger partial charge in [-0.25, -0.2) is 4.98 Å². The zero-order valence-electron chi connectivity index (χ0n) is 12.4. The third-order valence-corrected chi connectivity index (χ3v) is 4.26. The van der Waals surface area contributed by atoms with Crippen molar-refractivity contribution in [3.8, 4) is 11.4 Å². The SMILES string of the molecule is COC(=O)Cn1c(-c2ccc(SC)cc2)nc2ccccc21. The van der Waals surface area contributed by atoms with Gasteiger partial charge in [0.25, 0.3) is 0 Å². The van der Waals surface area contributed by atoms with Gasteiger partial charge in [0.2, 0.25) is 0 Å². The van der Waals surface area contributed by atoms with Gasteiger partial charge in [0.1, 0.15) is 12.4 Å². The maximum atomic E-state index is 11.7. The van der Waals surface area contributed by atoms with Crippen LogP contribution in [0.2, 0.25) is 0 Å². The second-order valence-corrected chi connectivity index (χ2v) is 5.69. The smallest absolute Gasteiger partial charge is 0.325 e. The Morgan fingerprint density at radius 3 is 2.59 bits per heavy atom. The van der Waals surface area contributed by atoms with E-state index in [1.807, 2.05) is 47.2 Å². The Labute approximate surface area is 133 Å². The molecule has 0 atom stereocenters. The van der Waals surface area contributed by atoms with E-state index in [9.17, 15) is 4.79 Å². The molecule has 0 aliphatic rings. The van der Waals surface area contributed by atoms with E-state index in [0.717, 1.165) is 22.4 Å². The molecule has 0 amide bonds. The minimum absolute atomic E-state index is 0.149. The predicted octanol–water partition coefficient (Wildman–Crippen LogP) is 3.60. The summed E-state index contributed by atoms with van der Waals surface area (Å²) in [5, 5.41) is 0. The van der Waals surface area contributed by atoms with Crippen LogP contribution in [0.5, 0.6) is 0 Å². The lowest BCUT2D eigenvalue weighted by atomic mass is 10.2. The average molecular weight is 312 g/mol. The first kappa shape index (κ1) is 14.7. The summed E-state index contributed by atoms with van der Waals surface area (Å²) >= 11 is 1.69. The third kappa shape index (κ3) is 2.72. The highest BCUT2D eigenvalue weighted by atomic mass is 32.2. The molecular formula is C17H16N2O2S. The standard InChI is InChI=1S/C17H16N2O2S/c1-21-16(20)11-19-15-6-4-3-5-14(15)18-17(19)12-7-9-13(22-2)10-8-12/h3-10H,11H2,1-2H3. The van der Waals surface area contributed by atoms with Crippen LogP contribution in [0.15, 0.2) is 53.4 Å². The molecule has 112 valence electrons. The first-order valence-electron chi connectivity index (χ1n) is 6.89. The van der Waals surface area contributed by atoms with E-state index in [1.54, 1.807) is 11.8 Å². The molecule has 0 spiro atoms. The number of hydrogen-bond donors (Lipinski definition) is 0. The number of carbonyl (C=O) groups excluding carboxylic acids is 1. The monoisotopic (exact) mass is 312 g/mol. The fraction of sp³-hybridized carbons (Fsp3) is 0.176. The molecular weight excluding hydrogens is 296 g/mol. The molecule has 0 aliphatic carbocycles. The quantitative estimate of drug-likeness (QED) is 0.545. The van der Waals surface area contributed by atoms with Gasteiger partial charge in [-0.3, -0.25) is 4.79 Å². The molecule has 0 saturated heterocycles. The lowest BCUT2D eigenvalue weighted by Gasteiger charge is -2.08. The molecule has 4 nitrogen and oxygen atoms in total. The lowest BCUT2D eigenvalue weighted by Crippen LogP contribution is -2.12. The molecule has 0 saturated carbocycles. The normalized spacial score (nSPS) is 10.8. The molecule has 0 unspecified atom stereocenters. The Morgan fingerprint density at radius 2 is 1.91 bits per heavy atom. The van der Waals surface area contributed by atoms with Gasteiger partial charge in [-0.15, -0.1) is 11.8 Å². The van der Waals surface area contributed by atoms with Crippen molar-refractivity contribution in [3.63, 3.8) is 0 Å². The van der Waals surface area contributed by atoms with Crippen LogP contribution < -0.4 is 0 Å². The Kier molecular flexibility index (Phi) is 4.15. The largest absolute Gasteiger partial charge is 0.468 e. The Balaban J connectivity index is 2.14. The number of aromatic nitrogens is 2. The second kappa shape index (κ2) is 6.23. The Hall–Kier alpha value is -2.27. The zero-order valence-corrected chi connectivity index (χ0v) is 13.3. The number of para-hydroxylation sites is 2. The van der Waals surface area contributed by atoms with Gasteiger partial charge in [0.15, 0.2) is 0 Å². The number of fused-ring (bicyclic) bond motifs is 1. The van der Waals surface area contributed by atoms with E-state index in [2.05, 4.69) is 17.1 Å². The molecule has 1 heterocycles. The van der Waals surface area contributed by atoms with E-state index in [-0.39, 0.29) is 12.5 Å². The Morgan fingerprint density at radius 1 is 1.18 bits per heavy atom. The van der Waals surface area contributed by atoms with Crippen LogP contribution in [-0.4, -0.2) is 28.9 Å². The summed E-state index contributed by atoms with van der Waals surface area (Å²) in [4.78, 5) is 17.6. The number of carbonyl (C=O) groups is 1. The highest BCUT2D eigenvalue weighted by Gasteiger charge is 2.15. The third-order valence-electron chi connectivity index (χ3n) is 3.52. The van der Waals surface area contributed by atoms with E-state index in [0.29, 0.717) is 0 Å². The van der Waals surface area contributed by atoms with Crippen molar-refractivity contribution < 1.29 is 9.53 Å². The maximum Gasteiger partial charge on any atom is 0.325 e. The van der Waals surface area contributed by atoms with Gasteiger partial charge in [-0.2, -0.15) is 0 Å². The van der Waals surface area contributed by atoms with Crippen molar-refractivity contribution >= 4 is 28.8 Å². The molecule has 0 fully saturated rings. The molecule has 2 aromatic carbocycles. The number of hydrogen-bond acceptors (Lipinski definition) is 4. The Bertz CT molecular complexity index is 809. The number of nitrogens with zero attached hydrogens (tertiary/aromatic N) is 2. The molecule has 3 aromatic rings. The van der Waals surface area contributed by atoms with Gasteiger partial charge in [0.05, 0.1) is 18.1 Å². The number of benzene rings is 2. The molecule has 1 aromatic heterocycles. The van der Waals surface area contributed by atoms with Crippen molar-refractivity contribution in [2.24, 2.45) is 0 Å². The van der Waals surface area contributed by atoms with E-state index in [1.165, 1.54) is 12.0 Å². The number of ether oxygens (including phenoxy) is 1. The van der Waals surface area contributed by atoms with E-state index < -0.39 is 0 Å². The number of imidazole rings is 1. The topological polar surface area (TPSA) is 44.1 Å². The molecule has 22 heavy (non-hydrogen) atoms. The van der Waals surface area contributed by atoms with Crippen LogP contribution in [-0.2, 0) is 16.1 Å². The van der Waals surface area contributed by atoms with Crippen LogP contribution >= 0.6 is 11.8 Å². The molecule has 3 rings (SSSR count). The number of methoxy groups -OCH3 is 1. The second-order valence-electron chi connectivity index (χ2n) is 4.81. The molecule has 0 radical (unpaired) electrons. The van der Waals surface area contributed by atoms with Crippen molar-refractivity contribution in [3.05, 3.63) is 48.5 Å². The van der Waals surface area contributed by atoms with Gasteiger partial charge < -0.3 is 9.30 Å². The number of esters is 1. The van der Waals surface area contributed by atoms with Crippen LogP contribution in [0.3, 0.4) is 0 Å². The summed E-state index contributed by atoms with van der Waals surface area (Å²) < 4.78 is 6.71. The van der Waals surface area contributed by atoms with Crippen molar-refractivity contribution in [1.82, 2.24) is 9.55 Å². The summed E-state index contributed by atoms with van der Waals surface area (Å²) in [5.41, 5.74) is 2.78. The van der Waals surface area contributed by atoms with Gasteiger partial charge in [0, 0.05) is 10.5 Å². The molecule has 0 N–H and O–H groups in total. The highest BCUT2D eigenvalue weighted by Crippen LogP contribution is 2.26. The number of thioether (sulfide) groups is 1. The fourth-order valence-corrected chi connectivity index (χ4v) is 2.80. The summed E-state index contributed by atoms with van der Waals surface area (Å²) in [7, 11) is 1.40. The maximum absolute atomic E-state index is 11.7. The van der Waals surface area contributed by atoms with Crippen LogP contribution in [0.1, 0.15) is 0 Å². The number of rotatable bonds is 4. The highest BCUT2D eigenvalue weighted by molar-refractivity contribution is 7.98. The predicted molar refractivity (Wildman–Crippen MR) is 89.0 cm³/mol. The van der Waals surface area contributed by atoms with Crippen LogP contribution in [0.25, 0.3) is 22.4 Å². The lowest BCUT2D eigenvalue weighted by molar-refractivity contribution is -0.141. The van der Waals surface area contributed by atoms with Gasteiger partial charge in [-0.05, 0) is 30.5 Å². The summed E-state index contributed by atoms with van der Waals surface area (Å²) in [6.07, 6.45) is 2.04. The average Bonchev–Trinajstić information content (AvgIpc) is 2.93. The summed E-state index contributed by atoms with van der Waals surface area (Å²) in [6, 6.07) is 16.0. The molecule has 5 heteroatoms. The first-order chi connectivity index (χ1) is 10.7. The van der Waals surface area contributed by atoms with Crippen molar-refractivity contribution in [2.45, 2.75) is 11.4 Å². The van der Waals surface area contributed by atoms with Gasteiger partial charge in [-0.1, -0.05) is 24.3 Å². The van der Waals surface area contributed by atoms with Crippen molar-refractivity contribution in [2.75, 3.05) is 13.4 Å². The summed E-state index contributed by atoms with van der Waals surface area (Å²) in [6.45, 7) is 0.149. The van der Waals surface area contributed by atoms with E-state index in [4.69, 9.17) is 4.74 Å². The minimum atomic E-state index is -0.287. The fourth-order valence-electron chi connectivity index (χ4n) is 2.39. The van der Waals surface area contributed by atoms with Crippen LogP contribution in [0.4, 0.5) is 0 Å².